The third-order valence-corrected chi connectivity index (χ3v) is 5.68. The first-order valence-electron chi connectivity index (χ1n) is 8.02. The molecule has 8 heteroatoms. The van der Waals surface area contributed by atoms with Crippen LogP contribution in [0.1, 0.15) is 12.8 Å². The fraction of sp³-hybridized carbons (Fsp3) is 0.438. The van der Waals surface area contributed by atoms with Crippen LogP contribution in [0.15, 0.2) is 21.8 Å². The number of pyridine rings is 1. The van der Waals surface area contributed by atoms with Gasteiger partial charge in [0.1, 0.15) is 5.82 Å². The van der Waals surface area contributed by atoms with E-state index in [9.17, 15) is 0 Å². The maximum atomic E-state index is 6.21. The highest BCUT2D eigenvalue weighted by molar-refractivity contribution is 7.98. The SMILES string of the molecule is CSc1nc(N2CC3CCC(C2)N3)c2c(n1)oc1c(Cl)nccc12. The molecule has 0 amide bonds. The number of thioether (sulfide) groups is 1. The molecule has 6 nitrogen and oxygen atoms in total. The number of hydrogen-bond donors (Lipinski definition) is 1. The predicted molar refractivity (Wildman–Crippen MR) is 96.1 cm³/mol. The Labute approximate surface area is 148 Å². The molecule has 0 aromatic carbocycles. The van der Waals surface area contributed by atoms with E-state index in [1.54, 1.807) is 6.20 Å². The number of rotatable bonds is 2. The number of hydrogen-bond acceptors (Lipinski definition) is 7. The van der Waals surface area contributed by atoms with Gasteiger partial charge in [-0.05, 0) is 25.2 Å². The molecule has 5 heterocycles. The Kier molecular flexibility index (Phi) is 3.36. The third-order valence-electron chi connectivity index (χ3n) is 4.86. The molecule has 0 saturated carbocycles. The van der Waals surface area contributed by atoms with Gasteiger partial charge in [0.2, 0.25) is 5.71 Å². The predicted octanol–water partition coefficient (Wildman–Crippen LogP) is 3.09. The number of piperazine rings is 1. The summed E-state index contributed by atoms with van der Waals surface area (Å²) in [6.07, 6.45) is 6.14. The molecule has 5 rings (SSSR count). The maximum absolute atomic E-state index is 6.21. The van der Waals surface area contributed by atoms with E-state index >= 15 is 0 Å². The summed E-state index contributed by atoms with van der Waals surface area (Å²) in [5.41, 5.74) is 1.17. The fourth-order valence-corrected chi connectivity index (χ4v) is 4.37. The van der Waals surface area contributed by atoms with Crippen LogP contribution in [-0.4, -0.2) is 46.4 Å². The molecule has 2 aliphatic heterocycles. The van der Waals surface area contributed by atoms with Crippen molar-refractivity contribution in [3.63, 3.8) is 0 Å². The van der Waals surface area contributed by atoms with E-state index in [1.165, 1.54) is 24.6 Å². The maximum Gasteiger partial charge on any atom is 0.233 e. The molecule has 0 radical (unpaired) electrons. The van der Waals surface area contributed by atoms with Crippen LogP contribution in [0.2, 0.25) is 5.15 Å². The molecule has 0 spiro atoms. The zero-order valence-electron chi connectivity index (χ0n) is 13.1. The number of halogens is 1. The second-order valence-electron chi connectivity index (χ2n) is 6.34. The van der Waals surface area contributed by atoms with Crippen molar-refractivity contribution in [3.05, 3.63) is 17.4 Å². The number of nitrogens with one attached hydrogen (secondary N) is 1. The molecule has 2 atom stereocenters. The molecule has 2 saturated heterocycles. The van der Waals surface area contributed by atoms with E-state index in [1.807, 2.05) is 12.3 Å². The summed E-state index contributed by atoms with van der Waals surface area (Å²) in [4.78, 5) is 15.8. The molecule has 2 fully saturated rings. The van der Waals surface area contributed by atoms with Gasteiger partial charge >= 0.3 is 0 Å². The van der Waals surface area contributed by atoms with Crippen molar-refractivity contribution in [1.82, 2.24) is 20.3 Å². The topological polar surface area (TPSA) is 67.1 Å². The summed E-state index contributed by atoms with van der Waals surface area (Å²) in [6, 6.07) is 3.00. The molecule has 3 aromatic heterocycles. The van der Waals surface area contributed by atoms with Crippen molar-refractivity contribution in [2.75, 3.05) is 24.2 Å². The summed E-state index contributed by atoms with van der Waals surface area (Å²) < 4.78 is 5.93. The van der Waals surface area contributed by atoms with Crippen LogP contribution in [0.5, 0.6) is 0 Å². The highest BCUT2D eigenvalue weighted by Gasteiger charge is 2.34. The number of anilines is 1. The van der Waals surface area contributed by atoms with Crippen LogP contribution in [0, 0.1) is 0 Å². The van der Waals surface area contributed by atoms with E-state index in [2.05, 4.69) is 20.2 Å². The molecular weight excluding hydrogens is 346 g/mol. The van der Waals surface area contributed by atoms with Gasteiger partial charge in [0.05, 0.1) is 5.39 Å². The minimum absolute atomic E-state index is 0.363. The van der Waals surface area contributed by atoms with E-state index in [0.717, 1.165) is 29.7 Å². The molecule has 3 aromatic rings. The van der Waals surface area contributed by atoms with Crippen LogP contribution < -0.4 is 10.2 Å². The van der Waals surface area contributed by atoms with Crippen molar-refractivity contribution >= 4 is 51.2 Å². The zero-order valence-corrected chi connectivity index (χ0v) is 14.7. The minimum atomic E-state index is 0.363. The third kappa shape index (κ3) is 2.18. The van der Waals surface area contributed by atoms with Crippen LogP contribution in [0.3, 0.4) is 0 Å². The Bertz CT molecular complexity index is 933. The molecule has 2 unspecified atom stereocenters. The minimum Gasteiger partial charge on any atom is -0.434 e. The first-order valence-corrected chi connectivity index (χ1v) is 9.63. The Morgan fingerprint density at radius 1 is 1.29 bits per heavy atom. The average Bonchev–Trinajstić information content (AvgIpc) is 3.14. The Balaban J connectivity index is 1.76. The zero-order chi connectivity index (χ0) is 16.3. The van der Waals surface area contributed by atoms with Crippen LogP contribution >= 0.6 is 23.4 Å². The summed E-state index contributed by atoms with van der Waals surface area (Å²) in [7, 11) is 0. The quantitative estimate of drug-likeness (QED) is 0.427. The largest absolute Gasteiger partial charge is 0.434 e. The van der Waals surface area contributed by atoms with Crippen molar-refractivity contribution in [1.29, 1.82) is 0 Å². The first kappa shape index (κ1) is 14.7. The molecule has 124 valence electrons. The Hall–Kier alpha value is -1.57. The van der Waals surface area contributed by atoms with Crippen molar-refractivity contribution < 1.29 is 4.42 Å². The van der Waals surface area contributed by atoms with Gasteiger partial charge in [0.25, 0.3) is 0 Å². The molecule has 0 aliphatic carbocycles. The lowest BCUT2D eigenvalue weighted by atomic mass is 10.2. The molecular formula is C16H16ClN5OS. The van der Waals surface area contributed by atoms with E-state index < -0.39 is 0 Å². The number of furan rings is 1. The van der Waals surface area contributed by atoms with E-state index in [-0.39, 0.29) is 0 Å². The van der Waals surface area contributed by atoms with Crippen molar-refractivity contribution in [2.45, 2.75) is 30.1 Å². The van der Waals surface area contributed by atoms with Gasteiger partial charge < -0.3 is 14.6 Å². The van der Waals surface area contributed by atoms with Crippen molar-refractivity contribution in [2.24, 2.45) is 0 Å². The molecule has 2 bridgehead atoms. The van der Waals surface area contributed by atoms with Gasteiger partial charge in [-0.3, -0.25) is 0 Å². The standard InChI is InChI=1S/C16H16ClN5OS/c1-24-16-20-14(22-6-8-2-3-9(7-22)19-8)11-10-4-5-18-13(17)12(10)23-15(11)21-16/h4-5,8-9,19H,2-3,6-7H2,1H3. The second kappa shape index (κ2) is 5.47. The fourth-order valence-electron chi connectivity index (χ4n) is 3.82. The summed E-state index contributed by atoms with van der Waals surface area (Å²) in [6.45, 7) is 1.92. The van der Waals surface area contributed by atoms with Crippen LogP contribution in [0.4, 0.5) is 5.82 Å². The van der Waals surface area contributed by atoms with Crippen LogP contribution in [-0.2, 0) is 0 Å². The van der Waals surface area contributed by atoms with Crippen LogP contribution in [0.25, 0.3) is 22.1 Å². The smallest absolute Gasteiger partial charge is 0.233 e. The van der Waals surface area contributed by atoms with Gasteiger partial charge in [0.15, 0.2) is 15.9 Å². The number of aromatic nitrogens is 3. The Morgan fingerprint density at radius 3 is 2.83 bits per heavy atom. The highest BCUT2D eigenvalue weighted by atomic mass is 35.5. The van der Waals surface area contributed by atoms with Gasteiger partial charge in [-0.1, -0.05) is 23.4 Å². The summed E-state index contributed by atoms with van der Waals surface area (Å²) >= 11 is 7.73. The monoisotopic (exact) mass is 361 g/mol. The van der Waals surface area contributed by atoms with E-state index in [0.29, 0.717) is 33.7 Å². The summed E-state index contributed by atoms with van der Waals surface area (Å²) in [5, 5.41) is 6.61. The van der Waals surface area contributed by atoms with Gasteiger partial charge in [-0.25, -0.2) is 9.97 Å². The lowest BCUT2D eigenvalue weighted by molar-refractivity contribution is 0.463. The molecule has 2 aliphatic rings. The molecule has 24 heavy (non-hydrogen) atoms. The lowest BCUT2D eigenvalue weighted by Crippen LogP contribution is -2.51. The normalized spacial score (nSPS) is 23.5. The first-order chi connectivity index (χ1) is 11.7. The lowest BCUT2D eigenvalue weighted by Gasteiger charge is -2.34. The average molecular weight is 362 g/mol. The Morgan fingerprint density at radius 2 is 2.08 bits per heavy atom. The van der Waals surface area contributed by atoms with Gasteiger partial charge in [0, 0.05) is 36.8 Å². The van der Waals surface area contributed by atoms with Crippen molar-refractivity contribution in [3.8, 4) is 0 Å². The number of nitrogens with zero attached hydrogens (tertiary/aromatic N) is 4. The molecule has 1 N–H and O–H groups in total. The number of fused-ring (bicyclic) bond motifs is 5. The second-order valence-corrected chi connectivity index (χ2v) is 7.47. The summed E-state index contributed by atoms with van der Waals surface area (Å²) in [5.74, 6) is 0.948. The highest BCUT2D eigenvalue weighted by Crippen LogP contribution is 2.38. The van der Waals surface area contributed by atoms with E-state index in [4.69, 9.17) is 21.0 Å². The van der Waals surface area contributed by atoms with Gasteiger partial charge in [-0.15, -0.1) is 0 Å². The van der Waals surface area contributed by atoms with Gasteiger partial charge in [-0.2, -0.15) is 4.98 Å².